The summed E-state index contributed by atoms with van der Waals surface area (Å²) in [5.41, 5.74) is 2.01. The van der Waals surface area contributed by atoms with Gasteiger partial charge in [0.25, 0.3) is 30.0 Å². The fourth-order valence-electron chi connectivity index (χ4n) is 0.674. The van der Waals surface area contributed by atoms with Crippen molar-refractivity contribution in [1.82, 2.24) is 0 Å². The van der Waals surface area contributed by atoms with Crippen molar-refractivity contribution in [3.63, 3.8) is 0 Å². The summed E-state index contributed by atoms with van der Waals surface area (Å²) in [7, 11) is -3.74. The maximum Gasteiger partial charge on any atom is 0.329 e. The van der Waals surface area contributed by atoms with Crippen LogP contribution in [0.4, 0.5) is 0 Å². The summed E-state index contributed by atoms with van der Waals surface area (Å²) in [4.78, 5) is 0. The lowest BCUT2D eigenvalue weighted by Gasteiger charge is -2.17. The Morgan fingerprint density at radius 2 is 1.73 bits per heavy atom. The first kappa shape index (κ1) is 9.53. The van der Waals surface area contributed by atoms with Crippen molar-refractivity contribution in [3.05, 3.63) is 11.8 Å². The third kappa shape index (κ3) is 4.12. The number of rotatable bonds is 1. The summed E-state index contributed by atoms with van der Waals surface area (Å²) < 4.78 is 21.4. The average molecular weight is 224 g/mol. The Bertz CT molecular complexity index is 123. The Morgan fingerprint density at radius 3 is 2.27 bits per heavy atom. The highest BCUT2D eigenvalue weighted by Crippen LogP contribution is 1.93. The highest BCUT2D eigenvalue weighted by atomic mass is 28.4. The lowest BCUT2D eigenvalue weighted by molar-refractivity contribution is 0.336. The summed E-state index contributed by atoms with van der Waals surface area (Å²) in [6.07, 6.45) is 1.97. The predicted octanol–water partition coefficient (Wildman–Crippen LogP) is -2.60. The molecule has 1 saturated heterocycles. The minimum Gasteiger partial charge on any atom is -0.425 e. The fourth-order valence-corrected chi connectivity index (χ4v) is 8.78. The van der Waals surface area contributed by atoms with Gasteiger partial charge in [0.05, 0.1) is 0 Å². The van der Waals surface area contributed by atoms with Crippen molar-refractivity contribution in [2.75, 3.05) is 0 Å². The lowest BCUT2D eigenvalue weighted by atomic mass is 10.8. The van der Waals surface area contributed by atoms with Gasteiger partial charge in [0.15, 0.2) is 0 Å². The molecule has 0 spiro atoms. The van der Waals surface area contributed by atoms with E-state index in [1.54, 1.807) is 0 Å². The predicted molar refractivity (Wildman–Crippen MR) is 51.9 cm³/mol. The summed E-state index contributed by atoms with van der Waals surface area (Å²) in [6.45, 7) is 1.97. The Kier molecular flexibility index (Phi) is 5.22. The Morgan fingerprint density at radius 1 is 1.09 bits per heavy atom. The number of allylic oxidation sites excluding steroid dienone is 1. The van der Waals surface area contributed by atoms with E-state index in [4.69, 9.17) is 16.5 Å². The second kappa shape index (κ2) is 6.02. The van der Waals surface area contributed by atoms with Crippen LogP contribution in [0.2, 0.25) is 0 Å². The normalized spacial score (nSPS) is 34.8. The van der Waals surface area contributed by atoms with Gasteiger partial charge in [-0.25, -0.2) is 0 Å². The Hall–Kier alpha value is 0.448. The molecular formula is C3H12O4Si4. The van der Waals surface area contributed by atoms with Crippen LogP contribution in [0.25, 0.3) is 0 Å². The number of hydrogen-bond acceptors (Lipinski definition) is 4. The molecule has 1 heterocycles. The summed E-state index contributed by atoms with van der Waals surface area (Å²) >= 11 is 0. The highest BCUT2D eigenvalue weighted by Gasteiger charge is 2.11. The molecule has 0 amide bonds. The van der Waals surface area contributed by atoms with Gasteiger partial charge in [-0.1, -0.05) is 11.8 Å². The molecule has 1 aliphatic heterocycles. The van der Waals surface area contributed by atoms with Gasteiger partial charge >= 0.3 is 9.28 Å². The maximum absolute atomic E-state index is 5.46. The molecule has 0 N–H and O–H groups in total. The van der Waals surface area contributed by atoms with Crippen LogP contribution in [-0.4, -0.2) is 39.3 Å². The molecule has 1 rings (SSSR count). The third-order valence-electron chi connectivity index (χ3n) is 1.15. The molecule has 0 aromatic heterocycles. The van der Waals surface area contributed by atoms with Crippen molar-refractivity contribution >= 4 is 39.3 Å². The van der Waals surface area contributed by atoms with Gasteiger partial charge in [-0.2, -0.15) is 0 Å². The van der Waals surface area contributed by atoms with Gasteiger partial charge in [0.1, 0.15) is 0 Å². The smallest absolute Gasteiger partial charge is 0.329 e. The first-order chi connectivity index (χ1) is 5.43. The number of hydrogen-bond donors (Lipinski definition) is 0. The van der Waals surface area contributed by atoms with E-state index in [-0.39, 0.29) is 0 Å². The lowest BCUT2D eigenvalue weighted by Crippen LogP contribution is -2.31. The van der Waals surface area contributed by atoms with Crippen molar-refractivity contribution in [2.45, 2.75) is 6.92 Å². The van der Waals surface area contributed by atoms with Crippen LogP contribution in [0.15, 0.2) is 11.8 Å². The van der Waals surface area contributed by atoms with E-state index in [0.717, 1.165) is 0 Å². The van der Waals surface area contributed by atoms with E-state index in [1.165, 1.54) is 0 Å². The third-order valence-corrected chi connectivity index (χ3v) is 8.23. The van der Waals surface area contributed by atoms with Gasteiger partial charge in [0, 0.05) is 0 Å². The molecule has 64 valence electrons. The zero-order valence-electron chi connectivity index (χ0n) is 6.49. The largest absolute Gasteiger partial charge is 0.425 e. The van der Waals surface area contributed by atoms with Crippen LogP contribution in [0.3, 0.4) is 0 Å². The fraction of sp³-hybridized carbons (Fsp3) is 0.333. The molecule has 11 heavy (non-hydrogen) atoms. The molecule has 8 heteroatoms. The molecule has 1 aliphatic rings. The van der Waals surface area contributed by atoms with Gasteiger partial charge in [0.2, 0.25) is 0 Å². The summed E-state index contributed by atoms with van der Waals surface area (Å²) in [5, 5.41) is 0. The maximum atomic E-state index is 5.46. The zero-order chi connectivity index (χ0) is 7.94. The average Bonchev–Trinajstić information content (AvgIpc) is 1.94. The molecule has 0 radical (unpaired) electrons. The van der Waals surface area contributed by atoms with Crippen molar-refractivity contribution in [2.24, 2.45) is 0 Å². The molecule has 0 atom stereocenters. The van der Waals surface area contributed by atoms with Gasteiger partial charge < -0.3 is 16.5 Å². The monoisotopic (exact) mass is 224 g/mol. The summed E-state index contributed by atoms with van der Waals surface area (Å²) in [6, 6.07) is 0. The van der Waals surface area contributed by atoms with Crippen LogP contribution in [0, 0.1) is 0 Å². The van der Waals surface area contributed by atoms with Gasteiger partial charge in [-0.3, -0.25) is 0 Å². The van der Waals surface area contributed by atoms with Crippen LogP contribution < -0.4 is 0 Å². The minimum atomic E-state index is -1.49. The van der Waals surface area contributed by atoms with E-state index < -0.39 is 39.3 Å². The molecule has 0 saturated carbocycles. The van der Waals surface area contributed by atoms with Crippen molar-refractivity contribution in [1.29, 1.82) is 0 Å². The van der Waals surface area contributed by atoms with Crippen molar-refractivity contribution in [3.8, 4) is 0 Å². The molecule has 0 aromatic carbocycles. The molecule has 4 nitrogen and oxygen atoms in total. The summed E-state index contributed by atoms with van der Waals surface area (Å²) in [5.74, 6) is 0. The van der Waals surface area contributed by atoms with Crippen LogP contribution in [0.5, 0.6) is 0 Å². The Balaban J connectivity index is 2.26. The first-order valence-electron chi connectivity index (χ1n) is 3.45. The van der Waals surface area contributed by atoms with Crippen LogP contribution in [0.1, 0.15) is 6.92 Å². The van der Waals surface area contributed by atoms with Crippen LogP contribution in [-0.2, 0) is 16.5 Å². The van der Waals surface area contributed by atoms with Gasteiger partial charge in [-0.05, 0) is 6.92 Å². The van der Waals surface area contributed by atoms with E-state index >= 15 is 0 Å². The molecule has 0 unspecified atom stereocenters. The zero-order valence-corrected chi connectivity index (χ0v) is 11.9. The van der Waals surface area contributed by atoms with Crippen molar-refractivity contribution < 1.29 is 16.5 Å². The highest BCUT2D eigenvalue weighted by molar-refractivity contribution is 6.63. The van der Waals surface area contributed by atoms with E-state index in [2.05, 4.69) is 0 Å². The van der Waals surface area contributed by atoms with Crippen LogP contribution >= 0.6 is 0 Å². The van der Waals surface area contributed by atoms with E-state index in [0.29, 0.717) is 0 Å². The SMILES string of the molecule is CC=C[SiH]1O[SiH2]O[SiH2]O[SiH2]O1. The first-order valence-corrected chi connectivity index (χ1v) is 8.52. The topological polar surface area (TPSA) is 36.9 Å². The van der Waals surface area contributed by atoms with Gasteiger partial charge in [-0.15, -0.1) is 0 Å². The Labute approximate surface area is 74.9 Å². The molecule has 0 aromatic rings. The minimum absolute atomic E-state index is 0.713. The van der Waals surface area contributed by atoms with E-state index in [9.17, 15) is 0 Å². The standard InChI is InChI=1S/C3H12O4Si4/c1-2-3-11-6-9-4-8-5-10-7-11/h2-3,11H,8-10H2,1H3. The molecule has 0 bridgehead atoms. The second-order valence-electron chi connectivity index (χ2n) is 1.99. The quantitative estimate of drug-likeness (QED) is 0.458. The molecular weight excluding hydrogens is 212 g/mol. The molecule has 1 fully saturated rings. The van der Waals surface area contributed by atoms with E-state index in [1.807, 2.05) is 18.7 Å². The second-order valence-corrected chi connectivity index (χ2v) is 9.75. The molecule has 0 aliphatic carbocycles.